The van der Waals surface area contributed by atoms with E-state index in [2.05, 4.69) is 0 Å². The van der Waals surface area contributed by atoms with E-state index in [1.54, 1.807) is 26.0 Å². The molecule has 1 atom stereocenters. The molecule has 0 saturated heterocycles. The summed E-state index contributed by atoms with van der Waals surface area (Å²) in [5, 5.41) is -1.54. The minimum Gasteiger partial charge on any atom is -0.464 e. The number of carbonyl (C=O) groups excluding carboxylic acids is 1. The van der Waals surface area contributed by atoms with E-state index in [0.717, 1.165) is 24.8 Å². The molecule has 1 fully saturated rings. The Morgan fingerprint density at radius 1 is 1.16 bits per heavy atom. The van der Waals surface area contributed by atoms with Crippen molar-refractivity contribution in [2.45, 2.75) is 62.9 Å². The Kier molecular flexibility index (Phi) is 6.99. The first-order valence-electron chi connectivity index (χ1n) is 8.96. The maximum Gasteiger partial charge on any atom is 0.324 e. The molecular weight excluding hydrogens is 343 g/mol. The van der Waals surface area contributed by atoms with Gasteiger partial charge in [0.05, 0.1) is 11.9 Å². The van der Waals surface area contributed by atoms with Gasteiger partial charge in [0.2, 0.25) is 0 Å². The quantitative estimate of drug-likeness (QED) is 0.687. The topological polar surface area (TPSA) is 60.4 Å². The Bertz CT molecular complexity index is 661. The number of esters is 1. The van der Waals surface area contributed by atoms with E-state index in [0.29, 0.717) is 19.3 Å². The molecule has 0 aliphatic heterocycles. The molecule has 0 aromatic heterocycles. The van der Waals surface area contributed by atoms with Crippen LogP contribution in [0.1, 0.15) is 51.5 Å². The first-order chi connectivity index (χ1) is 11.8. The number of rotatable bonds is 7. The molecule has 0 N–H and O–H groups in total. The largest absolute Gasteiger partial charge is 0.464 e. The van der Waals surface area contributed by atoms with Crippen LogP contribution in [0.2, 0.25) is 0 Å². The van der Waals surface area contributed by atoms with Gasteiger partial charge in [-0.05, 0) is 36.5 Å². The van der Waals surface area contributed by atoms with Crippen molar-refractivity contribution in [3.05, 3.63) is 35.6 Å². The molecule has 1 aromatic rings. The van der Waals surface area contributed by atoms with Gasteiger partial charge in [0.1, 0.15) is 5.82 Å². The van der Waals surface area contributed by atoms with Crippen LogP contribution in [0.5, 0.6) is 0 Å². The van der Waals surface area contributed by atoms with Crippen LogP contribution in [0.4, 0.5) is 4.39 Å². The Balaban J connectivity index is 1.98. The van der Waals surface area contributed by atoms with Gasteiger partial charge in [-0.3, -0.25) is 4.79 Å². The molecule has 1 aliphatic rings. The van der Waals surface area contributed by atoms with E-state index >= 15 is 0 Å². The lowest BCUT2D eigenvalue weighted by atomic mass is 10.0. The second kappa shape index (κ2) is 8.79. The van der Waals surface area contributed by atoms with Crippen molar-refractivity contribution in [3.8, 4) is 0 Å². The molecule has 6 heteroatoms. The van der Waals surface area contributed by atoms with Crippen LogP contribution in [0, 0.1) is 11.7 Å². The highest BCUT2D eigenvalue weighted by molar-refractivity contribution is 7.93. The Hall–Kier alpha value is -1.43. The second-order valence-electron chi connectivity index (χ2n) is 7.06. The number of benzene rings is 1. The summed E-state index contributed by atoms with van der Waals surface area (Å²) >= 11 is 0. The van der Waals surface area contributed by atoms with Crippen LogP contribution in [0.3, 0.4) is 0 Å². The van der Waals surface area contributed by atoms with Crippen LogP contribution in [-0.2, 0) is 25.8 Å². The molecule has 1 aliphatic carbocycles. The first-order valence-corrected chi connectivity index (χ1v) is 10.6. The molecule has 0 radical (unpaired) electrons. The van der Waals surface area contributed by atoms with Gasteiger partial charge in [0.25, 0.3) is 0 Å². The van der Waals surface area contributed by atoms with Crippen LogP contribution in [0.15, 0.2) is 24.3 Å². The van der Waals surface area contributed by atoms with Crippen molar-refractivity contribution in [1.82, 2.24) is 0 Å². The van der Waals surface area contributed by atoms with Crippen molar-refractivity contribution in [2.75, 3.05) is 6.61 Å². The zero-order chi connectivity index (χ0) is 18.4. The van der Waals surface area contributed by atoms with Crippen molar-refractivity contribution >= 4 is 15.8 Å². The third-order valence-electron chi connectivity index (χ3n) is 4.76. The third-order valence-corrected chi connectivity index (χ3v) is 7.60. The highest BCUT2D eigenvalue weighted by Gasteiger charge is 2.42. The van der Waals surface area contributed by atoms with Crippen molar-refractivity contribution < 1.29 is 22.3 Å². The van der Waals surface area contributed by atoms with Gasteiger partial charge in [0, 0.05) is 6.42 Å². The fraction of sp³-hybridized carbons (Fsp3) is 0.632. The van der Waals surface area contributed by atoms with Gasteiger partial charge in [-0.25, -0.2) is 12.8 Å². The fourth-order valence-electron chi connectivity index (χ4n) is 3.39. The van der Waals surface area contributed by atoms with Crippen LogP contribution >= 0.6 is 0 Å². The number of sulfone groups is 1. The van der Waals surface area contributed by atoms with Crippen molar-refractivity contribution in [1.29, 1.82) is 0 Å². The molecular formula is C19H27FO4S. The molecule has 25 heavy (non-hydrogen) atoms. The third kappa shape index (κ3) is 5.27. The standard InChI is InChI=1S/C19H27FO4S/c1-14(2)18(25(22,23)17-6-4-3-5-7-17)19(21)24-13-12-15-8-10-16(20)11-9-15/h8-11,14,17-18H,3-7,12-13H2,1-2H3/t18-/m0/s1. The summed E-state index contributed by atoms with van der Waals surface area (Å²) in [4.78, 5) is 12.5. The summed E-state index contributed by atoms with van der Waals surface area (Å²) in [6.45, 7) is 3.58. The van der Waals surface area contributed by atoms with Gasteiger partial charge in [-0.15, -0.1) is 0 Å². The summed E-state index contributed by atoms with van der Waals surface area (Å²) in [5.41, 5.74) is 0.838. The minimum absolute atomic E-state index is 0.0911. The summed E-state index contributed by atoms with van der Waals surface area (Å²) in [7, 11) is -3.55. The van der Waals surface area contributed by atoms with Crippen LogP contribution in [0.25, 0.3) is 0 Å². The number of carbonyl (C=O) groups is 1. The lowest BCUT2D eigenvalue weighted by Crippen LogP contribution is -2.43. The zero-order valence-electron chi connectivity index (χ0n) is 14.9. The van der Waals surface area contributed by atoms with E-state index in [-0.39, 0.29) is 18.3 Å². The minimum atomic E-state index is -3.55. The monoisotopic (exact) mass is 370 g/mol. The van der Waals surface area contributed by atoms with Gasteiger partial charge in [-0.2, -0.15) is 0 Å². The molecule has 1 saturated carbocycles. The number of hydrogen-bond acceptors (Lipinski definition) is 4. The number of ether oxygens (including phenoxy) is 1. The number of hydrogen-bond donors (Lipinski definition) is 0. The predicted molar refractivity (Wildman–Crippen MR) is 95.5 cm³/mol. The lowest BCUT2D eigenvalue weighted by molar-refractivity contribution is -0.143. The lowest BCUT2D eigenvalue weighted by Gasteiger charge is -2.28. The van der Waals surface area contributed by atoms with Gasteiger partial charge in [-0.1, -0.05) is 45.2 Å². The average Bonchev–Trinajstić information content (AvgIpc) is 2.57. The zero-order valence-corrected chi connectivity index (χ0v) is 15.7. The molecule has 0 unspecified atom stereocenters. The number of halogens is 1. The Morgan fingerprint density at radius 3 is 2.32 bits per heavy atom. The molecule has 0 heterocycles. The Labute approximate surface area is 149 Å². The van der Waals surface area contributed by atoms with Crippen LogP contribution < -0.4 is 0 Å². The fourth-order valence-corrected chi connectivity index (χ4v) is 5.89. The molecule has 2 rings (SSSR count). The summed E-state index contributed by atoms with van der Waals surface area (Å²) in [6, 6.07) is 5.95. The van der Waals surface area contributed by atoms with Gasteiger partial charge in [0.15, 0.2) is 15.1 Å². The molecule has 140 valence electrons. The molecule has 1 aromatic carbocycles. The van der Waals surface area contributed by atoms with E-state index in [9.17, 15) is 17.6 Å². The van der Waals surface area contributed by atoms with Crippen molar-refractivity contribution in [2.24, 2.45) is 5.92 Å². The van der Waals surface area contributed by atoms with Crippen molar-refractivity contribution in [3.63, 3.8) is 0 Å². The maximum absolute atomic E-state index is 12.9. The summed E-state index contributed by atoms with van der Waals surface area (Å²) in [5.74, 6) is -1.31. The van der Waals surface area contributed by atoms with Gasteiger partial charge < -0.3 is 4.74 Å². The smallest absolute Gasteiger partial charge is 0.324 e. The van der Waals surface area contributed by atoms with E-state index < -0.39 is 26.3 Å². The molecule has 4 nitrogen and oxygen atoms in total. The van der Waals surface area contributed by atoms with E-state index in [1.807, 2.05) is 0 Å². The first kappa shape index (κ1) is 19.9. The molecule has 0 amide bonds. The van der Waals surface area contributed by atoms with E-state index in [1.165, 1.54) is 12.1 Å². The highest BCUT2D eigenvalue weighted by atomic mass is 32.2. The van der Waals surface area contributed by atoms with Crippen LogP contribution in [-0.4, -0.2) is 31.5 Å². The maximum atomic E-state index is 12.9. The Morgan fingerprint density at radius 2 is 1.76 bits per heavy atom. The summed E-state index contributed by atoms with van der Waals surface area (Å²) in [6.07, 6.45) is 4.55. The average molecular weight is 370 g/mol. The predicted octanol–water partition coefficient (Wildman–Crippen LogP) is 3.68. The SMILES string of the molecule is CC(C)[C@@H](C(=O)OCCc1ccc(F)cc1)S(=O)(=O)C1CCCCC1. The second-order valence-corrected chi connectivity index (χ2v) is 9.41. The molecule has 0 spiro atoms. The van der Waals surface area contributed by atoms with E-state index in [4.69, 9.17) is 4.74 Å². The van der Waals surface area contributed by atoms with Gasteiger partial charge >= 0.3 is 5.97 Å². The highest BCUT2D eigenvalue weighted by Crippen LogP contribution is 2.29. The normalized spacial score (nSPS) is 17.4. The summed E-state index contributed by atoms with van der Waals surface area (Å²) < 4.78 is 43.9. The molecule has 0 bridgehead atoms.